The van der Waals surface area contributed by atoms with Crippen LogP contribution >= 0.6 is 0 Å². The number of piperidine rings is 1. The van der Waals surface area contributed by atoms with Gasteiger partial charge in [0, 0.05) is 13.1 Å². The molecular formula is C19H26N2O3. The van der Waals surface area contributed by atoms with E-state index in [0.717, 1.165) is 24.8 Å². The third-order valence-corrected chi connectivity index (χ3v) is 5.27. The van der Waals surface area contributed by atoms with Crippen molar-refractivity contribution in [2.75, 3.05) is 13.1 Å². The van der Waals surface area contributed by atoms with Crippen LogP contribution in [0.3, 0.4) is 0 Å². The van der Waals surface area contributed by atoms with Crippen LogP contribution in [0.1, 0.15) is 55.3 Å². The van der Waals surface area contributed by atoms with Crippen molar-refractivity contribution in [1.29, 1.82) is 0 Å². The second-order valence-electron chi connectivity index (χ2n) is 7.03. The molecule has 1 fully saturated rings. The van der Waals surface area contributed by atoms with Crippen molar-refractivity contribution in [3.8, 4) is 0 Å². The Labute approximate surface area is 143 Å². The number of benzene rings is 1. The molecule has 1 heterocycles. The number of nitrogens with zero attached hydrogens (tertiary/aromatic N) is 1. The lowest BCUT2D eigenvalue weighted by Gasteiger charge is -2.32. The monoisotopic (exact) mass is 330 g/mol. The molecule has 0 radical (unpaired) electrons. The number of nitrogens with one attached hydrogen (secondary N) is 1. The number of hydrogen-bond donors (Lipinski definition) is 2. The van der Waals surface area contributed by atoms with Gasteiger partial charge in [-0.3, -0.25) is 4.79 Å². The standard InChI is InChI=1S/C19H26N2O3/c1-13(15-9-8-14-5-2-3-6-16(14)11-15)20-19(24)21-10-4-7-17(12-21)18(22)23/h8-9,11,13,17H,2-7,10,12H2,1H3,(H,20,24)(H,22,23)/t13-,17?/m1/s1. The number of urea groups is 1. The zero-order valence-electron chi connectivity index (χ0n) is 14.3. The fourth-order valence-corrected chi connectivity index (χ4v) is 3.75. The average Bonchev–Trinajstić information content (AvgIpc) is 2.61. The second-order valence-corrected chi connectivity index (χ2v) is 7.03. The van der Waals surface area contributed by atoms with Crippen LogP contribution in [-0.2, 0) is 17.6 Å². The molecule has 3 rings (SSSR count). The van der Waals surface area contributed by atoms with Crippen LogP contribution in [0.4, 0.5) is 4.79 Å². The molecule has 1 aromatic carbocycles. The molecule has 24 heavy (non-hydrogen) atoms. The van der Waals surface area contributed by atoms with E-state index in [0.29, 0.717) is 19.5 Å². The zero-order valence-corrected chi connectivity index (χ0v) is 14.3. The Morgan fingerprint density at radius 3 is 2.71 bits per heavy atom. The van der Waals surface area contributed by atoms with E-state index in [9.17, 15) is 9.59 Å². The molecule has 1 aromatic rings. The normalized spacial score (nSPS) is 21.7. The molecule has 0 aromatic heterocycles. The van der Waals surface area contributed by atoms with E-state index in [-0.39, 0.29) is 12.1 Å². The van der Waals surface area contributed by atoms with Gasteiger partial charge in [-0.15, -0.1) is 0 Å². The van der Waals surface area contributed by atoms with Crippen molar-refractivity contribution in [3.05, 3.63) is 34.9 Å². The van der Waals surface area contributed by atoms with Crippen LogP contribution in [0.15, 0.2) is 18.2 Å². The molecule has 2 aliphatic rings. The van der Waals surface area contributed by atoms with Crippen molar-refractivity contribution < 1.29 is 14.7 Å². The van der Waals surface area contributed by atoms with Crippen molar-refractivity contribution in [1.82, 2.24) is 10.2 Å². The van der Waals surface area contributed by atoms with Gasteiger partial charge in [-0.25, -0.2) is 4.79 Å². The topological polar surface area (TPSA) is 69.6 Å². The molecule has 2 atom stereocenters. The van der Waals surface area contributed by atoms with E-state index < -0.39 is 11.9 Å². The number of amides is 2. The molecule has 1 aliphatic carbocycles. The van der Waals surface area contributed by atoms with Crippen molar-refractivity contribution >= 4 is 12.0 Å². The molecule has 2 amide bonds. The number of aliphatic carboxylic acids is 1. The number of fused-ring (bicyclic) bond motifs is 1. The first-order chi connectivity index (χ1) is 11.5. The van der Waals surface area contributed by atoms with E-state index in [4.69, 9.17) is 5.11 Å². The highest BCUT2D eigenvalue weighted by Crippen LogP contribution is 2.25. The molecule has 0 spiro atoms. The number of rotatable bonds is 3. The van der Waals surface area contributed by atoms with Gasteiger partial charge in [0.25, 0.3) is 0 Å². The van der Waals surface area contributed by atoms with Crippen LogP contribution < -0.4 is 5.32 Å². The van der Waals surface area contributed by atoms with E-state index in [2.05, 4.69) is 23.5 Å². The molecule has 0 bridgehead atoms. The van der Waals surface area contributed by atoms with Gasteiger partial charge in [0.05, 0.1) is 12.0 Å². The first-order valence-electron chi connectivity index (χ1n) is 8.94. The quantitative estimate of drug-likeness (QED) is 0.894. The highest BCUT2D eigenvalue weighted by molar-refractivity contribution is 5.77. The first-order valence-corrected chi connectivity index (χ1v) is 8.94. The fourth-order valence-electron chi connectivity index (χ4n) is 3.75. The number of likely N-dealkylation sites (tertiary alicyclic amines) is 1. The molecule has 1 saturated heterocycles. The molecule has 0 saturated carbocycles. The van der Waals surface area contributed by atoms with Crippen molar-refractivity contribution in [3.63, 3.8) is 0 Å². The van der Waals surface area contributed by atoms with Crippen LogP contribution in [0.5, 0.6) is 0 Å². The molecule has 5 nitrogen and oxygen atoms in total. The molecule has 5 heteroatoms. The Morgan fingerprint density at radius 1 is 1.21 bits per heavy atom. The van der Waals surface area contributed by atoms with Crippen LogP contribution in [-0.4, -0.2) is 35.1 Å². The van der Waals surface area contributed by atoms with Crippen molar-refractivity contribution in [2.24, 2.45) is 5.92 Å². The zero-order chi connectivity index (χ0) is 17.1. The van der Waals surface area contributed by atoms with Gasteiger partial charge in [-0.1, -0.05) is 18.2 Å². The summed E-state index contributed by atoms with van der Waals surface area (Å²) in [6, 6.07) is 6.27. The fraction of sp³-hybridized carbons (Fsp3) is 0.579. The maximum absolute atomic E-state index is 12.5. The Bertz CT molecular complexity index is 629. The van der Waals surface area contributed by atoms with Gasteiger partial charge in [-0.2, -0.15) is 0 Å². The predicted octanol–water partition coefficient (Wildman–Crippen LogP) is 3.13. The Kier molecular flexibility index (Phi) is 5.07. The highest BCUT2D eigenvalue weighted by atomic mass is 16.4. The lowest BCUT2D eigenvalue weighted by molar-refractivity contribution is -0.143. The summed E-state index contributed by atoms with van der Waals surface area (Å²) in [5, 5.41) is 12.2. The summed E-state index contributed by atoms with van der Waals surface area (Å²) in [5.74, 6) is -1.25. The number of aryl methyl sites for hydroxylation is 2. The Morgan fingerprint density at radius 2 is 1.96 bits per heavy atom. The maximum atomic E-state index is 12.5. The Hall–Kier alpha value is -2.04. The number of carbonyl (C=O) groups excluding carboxylic acids is 1. The van der Waals surface area contributed by atoms with Gasteiger partial charge in [0.1, 0.15) is 0 Å². The number of carbonyl (C=O) groups is 2. The molecular weight excluding hydrogens is 304 g/mol. The first kappa shape index (κ1) is 16.8. The van der Waals surface area contributed by atoms with E-state index >= 15 is 0 Å². The second kappa shape index (κ2) is 7.24. The van der Waals surface area contributed by atoms with Gasteiger partial charge in [0.15, 0.2) is 0 Å². The third kappa shape index (κ3) is 3.71. The summed E-state index contributed by atoms with van der Waals surface area (Å²) in [5.41, 5.74) is 3.96. The third-order valence-electron chi connectivity index (χ3n) is 5.27. The van der Waals surface area contributed by atoms with E-state index in [1.807, 2.05) is 6.92 Å². The summed E-state index contributed by atoms with van der Waals surface area (Å²) in [4.78, 5) is 25.2. The summed E-state index contributed by atoms with van der Waals surface area (Å²) in [6.07, 6.45) is 6.17. The van der Waals surface area contributed by atoms with E-state index in [1.54, 1.807) is 4.90 Å². The van der Waals surface area contributed by atoms with Gasteiger partial charge >= 0.3 is 12.0 Å². The number of carboxylic acids is 1. The van der Waals surface area contributed by atoms with Gasteiger partial charge in [0.2, 0.25) is 0 Å². The minimum absolute atomic E-state index is 0.0741. The maximum Gasteiger partial charge on any atom is 0.317 e. The molecule has 1 aliphatic heterocycles. The minimum atomic E-state index is -0.810. The van der Waals surface area contributed by atoms with Crippen LogP contribution in [0.2, 0.25) is 0 Å². The summed E-state index contributed by atoms with van der Waals surface area (Å²) < 4.78 is 0. The lowest BCUT2D eigenvalue weighted by Crippen LogP contribution is -2.47. The summed E-state index contributed by atoms with van der Waals surface area (Å²) in [6.45, 7) is 2.92. The highest BCUT2D eigenvalue weighted by Gasteiger charge is 2.28. The minimum Gasteiger partial charge on any atom is -0.481 e. The molecule has 130 valence electrons. The van der Waals surface area contributed by atoms with Gasteiger partial charge in [-0.05, 0) is 62.1 Å². The van der Waals surface area contributed by atoms with Crippen molar-refractivity contribution in [2.45, 2.75) is 51.5 Å². The number of carboxylic acid groups (broad SMARTS) is 1. The molecule has 1 unspecified atom stereocenters. The van der Waals surface area contributed by atoms with Crippen LogP contribution in [0.25, 0.3) is 0 Å². The summed E-state index contributed by atoms with van der Waals surface area (Å²) in [7, 11) is 0. The summed E-state index contributed by atoms with van der Waals surface area (Å²) >= 11 is 0. The molecule has 2 N–H and O–H groups in total. The SMILES string of the molecule is C[C@@H](NC(=O)N1CCCC(C(=O)O)C1)c1ccc2c(c1)CCCC2. The Balaban J connectivity index is 1.62. The largest absolute Gasteiger partial charge is 0.481 e. The lowest BCUT2D eigenvalue weighted by atomic mass is 9.89. The average molecular weight is 330 g/mol. The van der Waals surface area contributed by atoms with Gasteiger partial charge < -0.3 is 15.3 Å². The smallest absolute Gasteiger partial charge is 0.317 e. The van der Waals surface area contributed by atoms with Crippen LogP contribution in [0, 0.1) is 5.92 Å². The van der Waals surface area contributed by atoms with E-state index in [1.165, 1.54) is 24.0 Å². The predicted molar refractivity (Wildman–Crippen MR) is 92.0 cm³/mol. The number of hydrogen-bond acceptors (Lipinski definition) is 2.